The molecular formula is C13H15N3O4. The summed E-state index contributed by atoms with van der Waals surface area (Å²) in [7, 11) is 1.84. The van der Waals surface area contributed by atoms with Crippen LogP contribution < -0.4 is 5.32 Å². The Morgan fingerprint density at radius 1 is 1.40 bits per heavy atom. The third-order valence-electron chi connectivity index (χ3n) is 3.43. The van der Waals surface area contributed by atoms with Crippen molar-refractivity contribution < 1.29 is 19.8 Å². The summed E-state index contributed by atoms with van der Waals surface area (Å²) in [6.07, 6.45) is 1.49. The first-order valence-electron chi connectivity index (χ1n) is 5.98. The normalized spacial score (nSPS) is 10.8. The van der Waals surface area contributed by atoms with Crippen molar-refractivity contribution in [3.05, 3.63) is 23.1 Å². The number of pyridine rings is 1. The number of carboxylic acids is 1. The van der Waals surface area contributed by atoms with E-state index < -0.39 is 18.4 Å². The summed E-state index contributed by atoms with van der Waals surface area (Å²) in [6.45, 7) is 3.22. The van der Waals surface area contributed by atoms with Crippen molar-refractivity contribution in [2.24, 2.45) is 7.05 Å². The van der Waals surface area contributed by atoms with Crippen LogP contribution in [0.2, 0.25) is 0 Å². The van der Waals surface area contributed by atoms with Gasteiger partial charge in [0.1, 0.15) is 6.54 Å². The van der Waals surface area contributed by atoms with Gasteiger partial charge in [-0.1, -0.05) is 0 Å². The molecule has 0 atom stereocenters. The Labute approximate surface area is 114 Å². The van der Waals surface area contributed by atoms with Crippen LogP contribution in [-0.4, -0.2) is 38.2 Å². The molecule has 0 unspecified atom stereocenters. The molecule has 0 aromatic carbocycles. The van der Waals surface area contributed by atoms with Crippen LogP contribution in [0.4, 0.5) is 0 Å². The van der Waals surface area contributed by atoms with Crippen LogP contribution >= 0.6 is 0 Å². The van der Waals surface area contributed by atoms with Crippen LogP contribution in [0.3, 0.4) is 0 Å². The van der Waals surface area contributed by atoms with Crippen molar-refractivity contribution in [2.45, 2.75) is 13.8 Å². The Morgan fingerprint density at radius 2 is 2.05 bits per heavy atom. The highest BCUT2D eigenvalue weighted by Gasteiger charge is 2.20. The zero-order chi connectivity index (χ0) is 15.0. The van der Waals surface area contributed by atoms with Crippen molar-refractivity contribution in [1.29, 1.82) is 0 Å². The third kappa shape index (κ3) is 2.07. The Kier molecular flexibility index (Phi) is 3.35. The van der Waals surface area contributed by atoms with Crippen LogP contribution in [0.5, 0.6) is 5.75 Å². The second-order valence-corrected chi connectivity index (χ2v) is 4.56. The summed E-state index contributed by atoms with van der Waals surface area (Å²) in [5.74, 6) is -2.11. The van der Waals surface area contributed by atoms with Gasteiger partial charge in [-0.2, -0.15) is 0 Å². The summed E-state index contributed by atoms with van der Waals surface area (Å²) >= 11 is 0. The first kappa shape index (κ1) is 13.9. The molecule has 0 saturated heterocycles. The number of hydrogen-bond donors (Lipinski definition) is 3. The van der Waals surface area contributed by atoms with Gasteiger partial charge in [-0.3, -0.25) is 9.59 Å². The van der Waals surface area contributed by atoms with E-state index >= 15 is 0 Å². The van der Waals surface area contributed by atoms with Crippen LogP contribution in [0, 0.1) is 13.8 Å². The molecule has 3 N–H and O–H groups in total. The van der Waals surface area contributed by atoms with Crippen molar-refractivity contribution in [3.63, 3.8) is 0 Å². The number of fused-ring (bicyclic) bond motifs is 1. The third-order valence-corrected chi connectivity index (χ3v) is 3.43. The molecule has 20 heavy (non-hydrogen) atoms. The second-order valence-electron chi connectivity index (χ2n) is 4.56. The van der Waals surface area contributed by atoms with Crippen molar-refractivity contribution in [2.75, 3.05) is 6.54 Å². The largest absolute Gasteiger partial charge is 0.505 e. The summed E-state index contributed by atoms with van der Waals surface area (Å²) in [6, 6.07) is 0. The maximum atomic E-state index is 11.8. The molecule has 0 spiro atoms. The molecule has 0 aliphatic carbocycles. The number of aromatic nitrogens is 2. The average molecular weight is 277 g/mol. The van der Waals surface area contributed by atoms with E-state index in [1.807, 2.05) is 25.5 Å². The van der Waals surface area contributed by atoms with Crippen molar-refractivity contribution in [1.82, 2.24) is 14.9 Å². The quantitative estimate of drug-likeness (QED) is 0.766. The maximum Gasteiger partial charge on any atom is 0.322 e. The second kappa shape index (κ2) is 4.84. The highest BCUT2D eigenvalue weighted by molar-refractivity contribution is 6.03. The number of aromatic hydroxyl groups is 1. The van der Waals surface area contributed by atoms with Gasteiger partial charge in [0.05, 0.1) is 11.7 Å². The lowest BCUT2D eigenvalue weighted by molar-refractivity contribution is -0.135. The maximum absolute atomic E-state index is 11.8. The molecule has 0 bridgehead atoms. The average Bonchev–Trinajstić information content (AvgIpc) is 2.62. The van der Waals surface area contributed by atoms with E-state index in [2.05, 4.69) is 10.3 Å². The number of nitrogens with zero attached hydrogens (tertiary/aromatic N) is 2. The monoisotopic (exact) mass is 277 g/mol. The summed E-state index contributed by atoms with van der Waals surface area (Å²) in [4.78, 5) is 26.2. The molecular weight excluding hydrogens is 262 g/mol. The van der Waals surface area contributed by atoms with Gasteiger partial charge in [-0.25, -0.2) is 4.98 Å². The fraction of sp³-hybridized carbons (Fsp3) is 0.308. The number of carboxylic acid groups (broad SMARTS) is 1. The molecule has 106 valence electrons. The van der Waals surface area contributed by atoms with E-state index in [-0.39, 0.29) is 11.4 Å². The molecule has 2 aromatic heterocycles. The SMILES string of the molecule is Cc1c(C)n(C)c2cnc(C(=O)NCC(=O)O)c(O)c12. The van der Waals surface area contributed by atoms with Gasteiger partial charge in [0.2, 0.25) is 0 Å². The van der Waals surface area contributed by atoms with Gasteiger partial charge < -0.3 is 20.1 Å². The predicted octanol–water partition coefficient (Wildman–Crippen LogP) is 0.710. The number of aliphatic carboxylic acids is 1. The van der Waals surface area contributed by atoms with Crippen molar-refractivity contribution in [3.8, 4) is 5.75 Å². The lowest BCUT2D eigenvalue weighted by Gasteiger charge is -2.06. The molecule has 0 fully saturated rings. The van der Waals surface area contributed by atoms with Gasteiger partial charge in [0, 0.05) is 18.1 Å². The Bertz CT molecular complexity index is 718. The number of nitrogens with one attached hydrogen (secondary N) is 1. The predicted molar refractivity (Wildman–Crippen MR) is 71.8 cm³/mol. The number of aryl methyl sites for hydroxylation is 2. The van der Waals surface area contributed by atoms with E-state index in [0.717, 1.165) is 11.3 Å². The zero-order valence-electron chi connectivity index (χ0n) is 11.4. The highest BCUT2D eigenvalue weighted by atomic mass is 16.4. The van der Waals surface area contributed by atoms with E-state index in [1.54, 1.807) is 0 Å². The molecule has 2 heterocycles. The number of carbonyl (C=O) groups excluding carboxylic acids is 1. The van der Waals surface area contributed by atoms with Gasteiger partial charge in [-0.05, 0) is 19.4 Å². The standard InChI is InChI=1S/C13H15N3O4/c1-6-7(2)16(3)8-4-14-11(12(19)10(6)8)13(20)15-5-9(17)18/h4,19H,5H2,1-3H3,(H,15,20)(H,17,18). The summed E-state index contributed by atoms with van der Waals surface area (Å²) in [5, 5.41) is 21.5. The fourth-order valence-electron chi connectivity index (χ4n) is 2.13. The van der Waals surface area contributed by atoms with E-state index in [0.29, 0.717) is 10.9 Å². The van der Waals surface area contributed by atoms with E-state index in [9.17, 15) is 14.7 Å². The topological polar surface area (TPSA) is 104 Å². The Morgan fingerprint density at radius 3 is 2.65 bits per heavy atom. The molecule has 0 aliphatic heterocycles. The zero-order valence-corrected chi connectivity index (χ0v) is 11.4. The molecule has 2 aromatic rings. The highest BCUT2D eigenvalue weighted by Crippen LogP contribution is 2.32. The lowest BCUT2D eigenvalue weighted by Crippen LogP contribution is -2.29. The minimum absolute atomic E-state index is 0.174. The van der Waals surface area contributed by atoms with Crippen LogP contribution in [-0.2, 0) is 11.8 Å². The van der Waals surface area contributed by atoms with Gasteiger partial charge in [0.15, 0.2) is 11.4 Å². The molecule has 7 nitrogen and oxygen atoms in total. The van der Waals surface area contributed by atoms with Crippen molar-refractivity contribution >= 4 is 22.8 Å². The number of carbonyl (C=O) groups is 2. The minimum Gasteiger partial charge on any atom is -0.505 e. The minimum atomic E-state index is -1.16. The molecule has 7 heteroatoms. The van der Waals surface area contributed by atoms with Gasteiger partial charge in [0.25, 0.3) is 5.91 Å². The first-order chi connectivity index (χ1) is 9.34. The van der Waals surface area contributed by atoms with Crippen LogP contribution in [0.1, 0.15) is 21.7 Å². The van der Waals surface area contributed by atoms with Crippen LogP contribution in [0.25, 0.3) is 10.9 Å². The molecule has 0 radical (unpaired) electrons. The van der Waals surface area contributed by atoms with E-state index in [1.165, 1.54) is 6.20 Å². The van der Waals surface area contributed by atoms with Gasteiger partial charge >= 0.3 is 5.97 Å². The molecule has 1 amide bonds. The fourth-order valence-corrected chi connectivity index (χ4v) is 2.13. The number of hydrogen-bond acceptors (Lipinski definition) is 4. The Hall–Kier alpha value is -2.57. The smallest absolute Gasteiger partial charge is 0.322 e. The molecule has 0 saturated carbocycles. The summed E-state index contributed by atoms with van der Waals surface area (Å²) in [5.41, 5.74) is 2.36. The Balaban J connectivity index is 2.52. The molecule has 2 rings (SSSR count). The first-order valence-corrected chi connectivity index (χ1v) is 5.98. The molecule has 0 aliphatic rings. The lowest BCUT2D eigenvalue weighted by atomic mass is 10.1. The van der Waals surface area contributed by atoms with Crippen LogP contribution in [0.15, 0.2) is 6.20 Å². The summed E-state index contributed by atoms with van der Waals surface area (Å²) < 4.78 is 1.87. The van der Waals surface area contributed by atoms with Gasteiger partial charge in [-0.15, -0.1) is 0 Å². The number of rotatable bonds is 3. The van der Waals surface area contributed by atoms with E-state index in [4.69, 9.17) is 5.11 Å². The number of amides is 1.